The van der Waals surface area contributed by atoms with Gasteiger partial charge >= 0.3 is 0 Å². The van der Waals surface area contributed by atoms with E-state index in [4.69, 9.17) is 0 Å². The molecule has 27 heavy (non-hydrogen) atoms. The van der Waals surface area contributed by atoms with E-state index in [0.717, 1.165) is 66.9 Å². The van der Waals surface area contributed by atoms with Gasteiger partial charge in [0.05, 0.1) is 11.1 Å². The maximum absolute atomic E-state index is 13.1. The van der Waals surface area contributed by atoms with E-state index in [0.29, 0.717) is 5.92 Å². The molecule has 1 saturated heterocycles. The molecule has 4 rings (SSSR count). The number of hydrogen-bond acceptors (Lipinski definition) is 3. The zero-order valence-electron chi connectivity index (χ0n) is 16.1. The Morgan fingerprint density at radius 3 is 2.70 bits per heavy atom. The van der Waals surface area contributed by atoms with Crippen molar-refractivity contribution in [2.45, 2.75) is 39.7 Å². The van der Waals surface area contributed by atoms with Gasteiger partial charge in [-0.05, 0) is 51.2 Å². The summed E-state index contributed by atoms with van der Waals surface area (Å²) in [5, 5.41) is 0.950. The number of piperidine rings is 1. The summed E-state index contributed by atoms with van der Waals surface area (Å²) in [7, 11) is 0. The molecule has 1 aliphatic rings. The molecule has 1 amide bonds. The number of aryl methyl sites for hydroxylation is 3. The van der Waals surface area contributed by atoms with Crippen LogP contribution in [0, 0.1) is 19.8 Å². The first-order valence-electron chi connectivity index (χ1n) is 9.75. The molecule has 0 unspecified atom stereocenters. The van der Waals surface area contributed by atoms with Crippen LogP contribution in [0.5, 0.6) is 0 Å². The lowest BCUT2D eigenvalue weighted by molar-refractivity contribution is 0.0686. The summed E-state index contributed by atoms with van der Waals surface area (Å²) in [5.41, 5.74) is 2.57. The highest BCUT2D eigenvalue weighted by atomic mass is 16.2. The highest BCUT2D eigenvalue weighted by molar-refractivity contribution is 6.06. The Hall–Kier alpha value is -2.69. The molecular weight excluding hydrogens is 336 g/mol. The largest absolute Gasteiger partial charge is 0.339 e. The van der Waals surface area contributed by atoms with Gasteiger partial charge in [-0.15, -0.1) is 0 Å². The number of carbonyl (C=O) groups is 1. The summed E-state index contributed by atoms with van der Waals surface area (Å²) in [4.78, 5) is 24.0. The number of benzene rings is 1. The molecule has 5 nitrogen and oxygen atoms in total. The van der Waals surface area contributed by atoms with Gasteiger partial charge in [-0.2, -0.15) is 0 Å². The minimum atomic E-state index is 0.139. The molecule has 2 aromatic heterocycles. The van der Waals surface area contributed by atoms with Gasteiger partial charge in [0.1, 0.15) is 5.82 Å². The number of imidazole rings is 1. The first-order chi connectivity index (χ1) is 13.1. The van der Waals surface area contributed by atoms with Crippen LogP contribution in [0.15, 0.2) is 42.7 Å². The number of carbonyl (C=O) groups excluding carboxylic acids is 1. The summed E-state index contributed by atoms with van der Waals surface area (Å²) in [6.07, 6.45) is 7.20. The van der Waals surface area contributed by atoms with Crippen LogP contribution in [-0.2, 0) is 6.54 Å². The summed E-state index contributed by atoms with van der Waals surface area (Å²) in [5.74, 6) is 1.88. The molecular formula is C22H26N4O. The van der Waals surface area contributed by atoms with Crippen LogP contribution in [0.25, 0.3) is 10.9 Å². The van der Waals surface area contributed by atoms with E-state index in [9.17, 15) is 4.79 Å². The first kappa shape index (κ1) is 17.7. The molecule has 0 atom stereocenters. The zero-order valence-corrected chi connectivity index (χ0v) is 16.1. The minimum Gasteiger partial charge on any atom is -0.339 e. The second-order valence-electron chi connectivity index (χ2n) is 7.52. The number of aromatic nitrogens is 3. The van der Waals surface area contributed by atoms with E-state index in [2.05, 4.69) is 14.5 Å². The number of fused-ring (bicyclic) bond motifs is 1. The monoisotopic (exact) mass is 362 g/mol. The molecule has 1 aliphatic heterocycles. The second kappa shape index (κ2) is 7.51. The van der Waals surface area contributed by atoms with Gasteiger partial charge in [-0.25, -0.2) is 4.98 Å². The van der Waals surface area contributed by atoms with Crippen molar-refractivity contribution in [3.8, 4) is 0 Å². The van der Waals surface area contributed by atoms with Gasteiger partial charge in [-0.3, -0.25) is 9.78 Å². The number of rotatable bonds is 4. The third-order valence-electron chi connectivity index (χ3n) is 5.68. The SMILES string of the molecule is Cc1cc(C(=O)N2CCC(CCn3ccnc3C)CC2)c2ccccc2n1. The maximum Gasteiger partial charge on any atom is 0.254 e. The van der Waals surface area contributed by atoms with Crippen LogP contribution in [-0.4, -0.2) is 38.4 Å². The lowest BCUT2D eigenvalue weighted by atomic mass is 9.93. The minimum absolute atomic E-state index is 0.139. The fourth-order valence-electron chi connectivity index (χ4n) is 4.04. The van der Waals surface area contributed by atoms with Crippen LogP contribution >= 0.6 is 0 Å². The van der Waals surface area contributed by atoms with Gasteiger partial charge in [-0.1, -0.05) is 18.2 Å². The molecule has 0 aliphatic carbocycles. The number of likely N-dealkylation sites (tertiary alicyclic amines) is 1. The van der Waals surface area contributed by atoms with Crippen molar-refractivity contribution in [1.82, 2.24) is 19.4 Å². The Morgan fingerprint density at radius 1 is 1.19 bits per heavy atom. The predicted molar refractivity (Wildman–Crippen MR) is 107 cm³/mol. The number of pyridine rings is 1. The number of amides is 1. The highest BCUT2D eigenvalue weighted by Crippen LogP contribution is 2.25. The van der Waals surface area contributed by atoms with Crippen molar-refractivity contribution in [1.29, 1.82) is 0 Å². The van der Waals surface area contributed by atoms with Crippen molar-refractivity contribution in [2.24, 2.45) is 5.92 Å². The third kappa shape index (κ3) is 3.72. The van der Waals surface area contributed by atoms with Crippen LogP contribution in [0.1, 0.15) is 41.1 Å². The summed E-state index contributed by atoms with van der Waals surface area (Å²) in [6.45, 7) is 6.68. The quantitative estimate of drug-likeness (QED) is 0.705. The molecule has 140 valence electrons. The lowest BCUT2D eigenvalue weighted by Gasteiger charge is -2.32. The molecule has 3 aromatic rings. The Morgan fingerprint density at radius 2 is 1.96 bits per heavy atom. The molecule has 0 N–H and O–H groups in total. The Balaban J connectivity index is 1.41. The molecule has 0 radical (unpaired) electrons. The molecule has 3 heterocycles. The molecule has 0 spiro atoms. The average molecular weight is 362 g/mol. The highest BCUT2D eigenvalue weighted by Gasteiger charge is 2.25. The second-order valence-corrected chi connectivity index (χ2v) is 7.52. The van der Waals surface area contributed by atoms with Gasteiger partial charge in [0.25, 0.3) is 5.91 Å². The number of hydrogen-bond donors (Lipinski definition) is 0. The van der Waals surface area contributed by atoms with Gasteiger partial charge in [0.2, 0.25) is 0 Å². The smallest absolute Gasteiger partial charge is 0.254 e. The standard InChI is InChI=1S/C22H26N4O/c1-16-15-20(19-5-3-4-6-21(19)24-16)22(27)26-12-8-18(9-13-26)7-11-25-14-10-23-17(25)2/h3-6,10,14-15,18H,7-9,11-13H2,1-2H3. The third-order valence-corrected chi connectivity index (χ3v) is 5.68. The predicted octanol–water partition coefficient (Wildman–Crippen LogP) is 3.99. The van der Waals surface area contributed by atoms with Crippen molar-refractivity contribution in [3.63, 3.8) is 0 Å². The summed E-state index contributed by atoms with van der Waals surface area (Å²) < 4.78 is 2.21. The van der Waals surface area contributed by atoms with Gasteiger partial charge in [0.15, 0.2) is 0 Å². The van der Waals surface area contributed by atoms with Crippen LogP contribution < -0.4 is 0 Å². The fraction of sp³-hybridized carbons (Fsp3) is 0.409. The van der Waals surface area contributed by atoms with Crippen molar-refractivity contribution in [3.05, 3.63) is 59.8 Å². The number of para-hydroxylation sites is 1. The topological polar surface area (TPSA) is 51.0 Å². The fourth-order valence-corrected chi connectivity index (χ4v) is 4.04. The maximum atomic E-state index is 13.1. The normalized spacial score (nSPS) is 15.4. The molecule has 0 bridgehead atoms. The van der Waals surface area contributed by atoms with E-state index in [1.54, 1.807) is 0 Å². The van der Waals surface area contributed by atoms with E-state index in [-0.39, 0.29) is 5.91 Å². The van der Waals surface area contributed by atoms with Crippen LogP contribution in [0.4, 0.5) is 0 Å². The molecule has 1 fully saturated rings. The summed E-state index contributed by atoms with van der Waals surface area (Å²) >= 11 is 0. The van der Waals surface area contributed by atoms with E-state index >= 15 is 0 Å². The Bertz CT molecular complexity index is 954. The van der Waals surface area contributed by atoms with Crippen LogP contribution in [0.3, 0.4) is 0 Å². The van der Waals surface area contributed by atoms with Crippen molar-refractivity contribution >= 4 is 16.8 Å². The zero-order chi connectivity index (χ0) is 18.8. The van der Waals surface area contributed by atoms with Crippen molar-refractivity contribution < 1.29 is 4.79 Å². The van der Waals surface area contributed by atoms with E-state index < -0.39 is 0 Å². The lowest BCUT2D eigenvalue weighted by Crippen LogP contribution is -2.38. The molecule has 1 aromatic carbocycles. The number of nitrogens with zero attached hydrogens (tertiary/aromatic N) is 4. The van der Waals surface area contributed by atoms with E-state index in [1.807, 2.05) is 61.5 Å². The molecule has 5 heteroatoms. The van der Waals surface area contributed by atoms with Gasteiger partial charge < -0.3 is 9.47 Å². The van der Waals surface area contributed by atoms with E-state index in [1.165, 1.54) is 0 Å². The van der Waals surface area contributed by atoms with Crippen LogP contribution in [0.2, 0.25) is 0 Å². The first-order valence-corrected chi connectivity index (χ1v) is 9.75. The van der Waals surface area contributed by atoms with Gasteiger partial charge in [0, 0.05) is 43.1 Å². The Kier molecular flexibility index (Phi) is 4.92. The Labute approximate surface area is 160 Å². The summed E-state index contributed by atoms with van der Waals surface area (Å²) in [6, 6.07) is 9.84. The average Bonchev–Trinajstić information content (AvgIpc) is 3.10. The van der Waals surface area contributed by atoms with Crippen molar-refractivity contribution in [2.75, 3.05) is 13.1 Å². The molecule has 0 saturated carbocycles.